The summed E-state index contributed by atoms with van der Waals surface area (Å²) in [6.45, 7) is 2.00. The molecule has 0 aromatic heterocycles. The number of esters is 1. The zero-order valence-electron chi connectivity index (χ0n) is 10.1. The normalized spacial score (nSPS) is 11.7. The summed E-state index contributed by atoms with van der Waals surface area (Å²) in [5, 5.41) is 0. The molecule has 1 rings (SSSR count). The third kappa shape index (κ3) is 3.35. The van der Waals surface area contributed by atoms with E-state index in [4.69, 9.17) is 17.3 Å². The molecule has 1 aromatic rings. The van der Waals surface area contributed by atoms with Gasteiger partial charge in [-0.25, -0.2) is 4.79 Å². The van der Waals surface area contributed by atoms with Crippen molar-refractivity contribution in [3.05, 3.63) is 29.3 Å². The molecule has 1 atom stereocenters. The fourth-order valence-electron chi connectivity index (χ4n) is 1.38. The highest BCUT2D eigenvalue weighted by molar-refractivity contribution is 9.10. The van der Waals surface area contributed by atoms with E-state index in [1.54, 1.807) is 6.92 Å². The van der Waals surface area contributed by atoms with E-state index in [2.05, 4.69) is 15.9 Å². The average molecular weight is 311 g/mol. The van der Waals surface area contributed by atoms with Gasteiger partial charge in [-0.1, -0.05) is 15.9 Å². The van der Waals surface area contributed by atoms with Crippen LogP contribution in [0.5, 0.6) is 5.75 Å². The van der Waals surface area contributed by atoms with Gasteiger partial charge in [0, 0.05) is 4.73 Å². The lowest BCUT2D eigenvalue weighted by molar-refractivity contribution is 0.0525. The van der Waals surface area contributed by atoms with Crippen LogP contribution in [0.3, 0.4) is 0 Å². The smallest absolute Gasteiger partial charge is 0.338 e. The van der Waals surface area contributed by atoms with Crippen LogP contribution in [0, 0.1) is 0 Å². The Bertz CT molecular complexity index is 459. The third-order valence-corrected chi connectivity index (χ3v) is 2.64. The lowest BCUT2D eigenvalue weighted by atomic mass is 9.94. The first-order valence-electron chi connectivity index (χ1n) is 5.30. The minimum atomic E-state index is -0.806. The molecule has 0 amide bonds. The summed E-state index contributed by atoms with van der Waals surface area (Å²) in [5.74, 6) is -0.486. The van der Waals surface area contributed by atoms with Crippen LogP contribution in [0.2, 0.25) is 0 Å². The number of alkyl halides is 1. The van der Waals surface area contributed by atoms with Gasteiger partial charge in [-0.15, -0.1) is 0 Å². The Morgan fingerprint density at radius 1 is 1.44 bits per heavy atom. The molecule has 0 N–H and O–H groups in total. The Labute approximate surface area is 115 Å². The van der Waals surface area contributed by atoms with Crippen LogP contribution in [-0.2, 0) is 4.74 Å². The SMILES string of the molecule is [B]C(Br)C(=O)c1ccc(C(=O)OCC)cc1OC. The molecule has 1 unspecified atom stereocenters. The number of ketones is 1. The predicted octanol–water partition coefficient (Wildman–Crippen LogP) is 1.94. The number of carbonyl (C=O) groups excluding carboxylic acids is 2. The van der Waals surface area contributed by atoms with Crippen LogP contribution in [0.15, 0.2) is 18.2 Å². The van der Waals surface area contributed by atoms with Crippen molar-refractivity contribution < 1.29 is 19.1 Å². The highest BCUT2D eigenvalue weighted by Gasteiger charge is 2.18. The van der Waals surface area contributed by atoms with Gasteiger partial charge in [0.2, 0.25) is 0 Å². The number of hydrogen-bond acceptors (Lipinski definition) is 4. The van der Waals surface area contributed by atoms with Gasteiger partial charge in [0.1, 0.15) is 5.75 Å². The predicted molar refractivity (Wildman–Crippen MR) is 71.8 cm³/mol. The number of methoxy groups -OCH3 is 1. The lowest BCUT2D eigenvalue weighted by Gasteiger charge is -2.10. The second kappa shape index (κ2) is 6.59. The largest absolute Gasteiger partial charge is 0.496 e. The third-order valence-electron chi connectivity index (χ3n) is 2.23. The maximum atomic E-state index is 11.8. The molecular formula is C12H12BBrO4. The van der Waals surface area contributed by atoms with Gasteiger partial charge < -0.3 is 9.47 Å². The molecule has 0 bridgehead atoms. The summed E-state index contributed by atoms with van der Waals surface area (Å²) in [7, 11) is 6.87. The maximum absolute atomic E-state index is 11.8. The van der Waals surface area contributed by atoms with Gasteiger partial charge in [-0.05, 0) is 25.1 Å². The van der Waals surface area contributed by atoms with Gasteiger partial charge in [0.25, 0.3) is 0 Å². The highest BCUT2D eigenvalue weighted by atomic mass is 79.9. The minimum Gasteiger partial charge on any atom is -0.496 e. The number of rotatable bonds is 5. The number of Topliss-reactive ketones (excluding diaryl/α,β-unsaturated/α-hetero) is 1. The van der Waals surface area contributed by atoms with Crippen molar-refractivity contribution in [3.63, 3.8) is 0 Å². The Morgan fingerprint density at radius 3 is 2.61 bits per heavy atom. The van der Waals surface area contributed by atoms with E-state index in [9.17, 15) is 9.59 Å². The Balaban J connectivity index is 3.11. The van der Waals surface area contributed by atoms with Crippen LogP contribution in [0.4, 0.5) is 0 Å². The molecular weight excluding hydrogens is 299 g/mol. The number of hydrogen-bond donors (Lipinski definition) is 0. The van der Waals surface area contributed by atoms with Gasteiger partial charge in [-0.3, -0.25) is 4.79 Å². The van der Waals surface area contributed by atoms with Crippen molar-refractivity contribution in [1.82, 2.24) is 0 Å². The number of ether oxygens (including phenoxy) is 2. The van der Waals surface area contributed by atoms with Crippen LogP contribution in [0.1, 0.15) is 27.6 Å². The van der Waals surface area contributed by atoms with Crippen molar-refractivity contribution in [3.8, 4) is 5.75 Å². The molecule has 1 aromatic carbocycles. The number of carbonyl (C=O) groups is 2. The fourth-order valence-corrected chi connectivity index (χ4v) is 1.63. The van der Waals surface area contributed by atoms with Crippen molar-refractivity contribution in [2.24, 2.45) is 0 Å². The molecule has 94 valence electrons. The summed E-state index contributed by atoms with van der Waals surface area (Å²) in [5.41, 5.74) is 0.642. The first kappa shape index (κ1) is 14.8. The minimum absolute atomic E-state index is 0.286. The summed E-state index contributed by atoms with van der Waals surface area (Å²) in [4.78, 5) is 23.3. The zero-order valence-corrected chi connectivity index (χ0v) is 11.7. The summed E-state index contributed by atoms with van der Waals surface area (Å²) in [6.07, 6.45) is 0. The molecule has 0 aliphatic carbocycles. The van der Waals surface area contributed by atoms with Crippen LogP contribution in [-0.4, -0.2) is 38.0 Å². The van der Waals surface area contributed by atoms with Crippen molar-refractivity contribution in [2.75, 3.05) is 13.7 Å². The second-order valence-corrected chi connectivity index (χ2v) is 4.39. The van der Waals surface area contributed by atoms with Gasteiger partial charge in [-0.2, -0.15) is 0 Å². The summed E-state index contributed by atoms with van der Waals surface area (Å²) >= 11 is 2.99. The van der Waals surface area contributed by atoms with Crippen LogP contribution >= 0.6 is 15.9 Å². The Kier molecular flexibility index (Phi) is 5.40. The van der Waals surface area contributed by atoms with Gasteiger partial charge >= 0.3 is 5.97 Å². The molecule has 0 saturated carbocycles. The topological polar surface area (TPSA) is 52.6 Å². The van der Waals surface area contributed by atoms with Crippen molar-refractivity contribution in [2.45, 2.75) is 11.7 Å². The Morgan fingerprint density at radius 2 is 2.11 bits per heavy atom. The molecule has 6 heteroatoms. The lowest BCUT2D eigenvalue weighted by Crippen LogP contribution is -2.15. The number of halogens is 1. The van der Waals surface area contributed by atoms with Crippen molar-refractivity contribution in [1.29, 1.82) is 0 Å². The average Bonchev–Trinajstić information content (AvgIpc) is 2.37. The van der Waals surface area contributed by atoms with Crippen LogP contribution in [0.25, 0.3) is 0 Å². The molecule has 0 aliphatic heterocycles. The van der Waals surface area contributed by atoms with E-state index in [-0.39, 0.29) is 12.4 Å². The highest BCUT2D eigenvalue weighted by Crippen LogP contribution is 2.23. The van der Waals surface area contributed by atoms with Gasteiger partial charge in [0.05, 0.1) is 32.7 Å². The molecule has 18 heavy (non-hydrogen) atoms. The maximum Gasteiger partial charge on any atom is 0.338 e. The summed E-state index contributed by atoms with van der Waals surface area (Å²) in [6, 6.07) is 4.46. The molecule has 0 saturated heterocycles. The summed E-state index contributed by atoms with van der Waals surface area (Å²) < 4.78 is 9.14. The van der Waals surface area contributed by atoms with E-state index in [1.165, 1.54) is 25.3 Å². The van der Waals surface area contributed by atoms with Crippen LogP contribution < -0.4 is 4.74 Å². The quantitative estimate of drug-likeness (QED) is 0.361. The van der Waals surface area contributed by atoms with Crippen molar-refractivity contribution >= 4 is 35.5 Å². The standard InChI is InChI=1S/C12H12BBrO4/c1-3-18-12(16)7-4-5-8(9(6-7)17-2)10(15)11(13)14/h4-6,11H,3H2,1-2H3. The molecule has 0 aliphatic rings. The van der Waals surface area contributed by atoms with E-state index in [0.29, 0.717) is 16.9 Å². The van der Waals surface area contributed by atoms with E-state index in [1.807, 2.05) is 0 Å². The molecule has 0 heterocycles. The van der Waals surface area contributed by atoms with E-state index >= 15 is 0 Å². The van der Waals surface area contributed by atoms with E-state index < -0.39 is 10.7 Å². The fraction of sp³-hybridized carbons (Fsp3) is 0.333. The molecule has 0 spiro atoms. The molecule has 2 radical (unpaired) electrons. The number of benzene rings is 1. The molecule has 0 fully saturated rings. The molecule has 4 nitrogen and oxygen atoms in total. The van der Waals surface area contributed by atoms with Gasteiger partial charge in [0.15, 0.2) is 5.78 Å². The first-order valence-corrected chi connectivity index (χ1v) is 6.21. The monoisotopic (exact) mass is 310 g/mol. The second-order valence-electron chi connectivity index (χ2n) is 3.40. The van der Waals surface area contributed by atoms with E-state index in [0.717, 1.165) is 0 Å². The zero-order chi connectivity index (χ0) is 13.7. The first-order chi connectivity index (χ1) is 8.51. The Hall–Kier alpha value is -1.30.